The minimum atomic E-state index is 0.409. The topological polar surface area (TPSA) is 73.8 Å². The Balaban J connectivity index is 1.68. The van der Waals surface area contributed by atoms with E-state index in [4.69, 9.17) is 12.2 Å². The summed E-state index contributed by atoms with van der Waals surface area (Å²) in [5.74, 6) is 1.59. The first kappa shape index (κ1) is 12.0. The third kappa shape index (κ3) is 2.68. The van der Waals surface area contributed by atoms with Gasteiger partial charge in [-0.3, -0.25) is 5.10 Å². The molecule has 2 aromatic rings. The summed E-state index contributed by atoms with van der Waals surface area (Å²) < 4.78 is 0.409. The highest BCUT2D eigenvalue weighted by Gasteiger charge is 2.19. The molecule has 1 fully saturated rings. The number of hydrogen-bond donors (Lipinski definition) is 1. The van der Waals surface area contributed by atoms with Crippen LogP contribution in [0.15, 0.2) is 24.7 Å². The number of anilines is 2. The van der Waals surface area contributed by atoms with Crippen molar-refractivity contribution >= 4 is 24.0 Å². The van der Waals surface area contributed by atoms with Crippen LogP contribution >= 0.6 is 12.2 Å². The Bertz CT molecular complexity index is 591. The van der Waals surface area contributed by atoms with Gasteiger partial charge in [0.1, 0.15) is 0 Å². The van der Waals surface area contributed by atoms with Crippen molar-refractivity contribution in [2.75, 3.05) is 36.0 Å². The second kappa shape index (κ2) is 5.27. The maximum absolute atomic E-state index is 4.98. The van der Waals surface area contributed by atoms with Crippen molar-refractivity contribution in [1.29, 1.82) is 0 Å². The van der Waals surface area contributed by atoms with Gasteiger partial charge in [-0.15, -0.1) is 0 Å². The van der Waals surface area contributed by atoms with Crippen molar-refractivity contribution < 1.29 is 0 Å². The van der Waals surface area contributed by atoms with Crippen LogP contribution in [0.3, 0.4) is 0 Å². The van der Waals surface area contributed by atoms with E-state index in [0.29, 0.717) is 4.77 Å². The molecule has 0 atom stereocenters. The lowest BCUT2D eigenvalue weighted by atomic mass is 10.3. The second-order valence-corrected chi connectivity index (χ2v) is 4.55. The molecule has 3 rings (SSSR count). The molecular formula is C11H13N7S. The van der Waals surface area contributed by atoms with E-state index in [1.165, 1.54) is 0 Å². The highest BCUT2D eigenvalue weighted by atomic mass is 32.1. The summed E-state index contributed by atoms with van der Waals surface area (Å²) in [7, 11) is 0. The van der Waals surface area contributed by atoms with Gasteiger partial charge in [0.2, 0.25) is 10.7 Å². The first-order valence-corrected chi connectivity index (χ1v) is 6.42. The van der Waals surface area contributed by atoms with Crippen LogP contribution in [0.1, 0.15) is 0 Å². The molecule has 2 aromatic heterocycles. The summed E-state index contributed by atoms with van der Waals surface area (Å²) >= 11 is 4.98. The lowest BCUT2D eigenvalue weighted by molar-refractivity contribution is 0.631. The largest absolute Gasteiger partial charge is 0.352 e. The van der Waals surface area contributed by atoms with Crippen molar-refractivity contribution in [2.45, 2.75) is 0 Å². The van der Waals surface area contributed by atoms with Crippen LogP contribution in [0.2, 0.25) is 0 Å². The second-order valence-electron chi connectivity index (χ2n) is 4.17. The summed E-state index contributed by atoms with van der Waals surface area (Å²) in [5.41, 5.74) is 0. The number of piperazine rings is 1. The van der Waals surface area contributed by atoms with E-state index >= 15 is 0 Å². The van der Waals surface area contributed by atoms with Gasteiger partial charge < -0.3 is 9.80 Å². The van der Waals surface area contributed by atoms with E-state index in [2.05, 4.69) is 34.9 Å². The van der Waals surface area contributed by atoms with Crippen molar-refractivity contribution in [3.8, 4) is 0 Å². The van der Waals surface area contributed by atoms with E-state index in [1.54, 1.807) is 18.6 Å². The molecule has 7 nitrogen and oxygen atoms in total. The minimum absolute atomic E-state index is 0.409. The number of nitrogens with one attached hydrogen (secondary N) is 1. The molecule has 1 aliphatic heterocycles. The fraction of sp³-hybridized carbons (Fsp3) is 0.364. The number of nitrogens with zero attached hydrogens (tertiary/aromatic N) is 6. The van der Waals surface area contributed by atoms with Crippen LogP contribution in [0.4, 0.5) is 11.8 Å². The molecular weight excluding hydrogens is 262 g/mol. The Morgan fingerprint density at radius 2 is 1.74 bits per heavy atom. The number of rotatable bonds is 2. The average molecular weight is 275 g/mol. The molecule has 8 heteroatoms. The Morgan fingerprint density at radius 3 is 2.42 bits per heavy atom. The number of aromatic nitrogens is 5. The maximum atomic E-state index is 4.98. The predicted octanol–water partition coefficient (Wildman–Crippen LogP) is 0.651. The smallest absolute Gasteiger partial charge is 0.225 e. The van der Waals surface area contributed by atoms with Crippen LogP contribution < -0.4 is 9.80 Å². The zero-order valence-corrected chi connectivity index (χ0v) is 11.0. The Morgan fingerprint density at radius 1 is 1.05 bits per heavy atom. The van der Waals surface area contributed by atoms with Gasteiger partial charge in [0.25, 0.3) is 0 Å². The van der Waals surface area contributed by atoms with E-state index in [1.807, 2.05) is 6.07 Å². The fourth-order valence-corrected chi connectivity index (χ4v) is 2.19. The Kier molecular flexibility index (Phi) is 3.32. The fourth-order valence-electron chi connectivity index (χ4n) is 2.05. The van der Waals surface area contributed by atoms with Crippen molar-refractivity contribution in [2.24, 2.45) is 0 Å². The first-order valence-electron chi connectivity index (χ1n) is 6.01. The van der Waals surface area contributed by atoms with Gasteiger partial charge in [0, 0.05) is 38.6 Å². The van der Waals surface area contributed by atoms with Crippen LogP contribution in [0, 0.1) is 4.77 Å². The summed E-state index contributed by atoms with van der Waals surface area (Å²) in [4.78, 5) is 17.1. The SMILES string of the molecule is S=c1nc(N2CCN(c3ncccn3)CC2)cn[nH]1. The van der Waals surface area contributed by atoms with Gasteiger partial charge in [-0.05, 0) is 18.3 Å². The molecule has 0 aliphatic carbocycles. The molecule has 0 bridgehead atoms. The molecule has 0 spiro atoms. The lowest BCUT2D eigenvalue weighted by Crippen LogP contribution is -2.47. The van der Waals surface area contributed by atoms with Crippen LogP contribution in [0.5, 0.6) is 0 Å². The third-order valence-corrected chi connectivity index (χ3v) is 3.18. The highest BCUT2D eigenvalue weighted by Crippen LogP contribution is 2.14. The summed E-state index contributed by atoms with van der Waals surface area (Å²) in [6, 6.07) is 1.82. The molecule has 98 valence electrons. The zero-order valence-electron chi connectivity index (χ0n) is 10.2. The molecule has 1 N–H and O–H groups in total. The molecule has 3 heterocycles. The maximum Gasteiger partial charge on any atom is 0.225 e. The lowest BCUT2D eigenvalue weighted by Gasteiger charge is -2.34. The monoisotopic (exact) mass is 275 g/mol. The summed E-state index contributed by atoms with van der Waals surface area (Å²) in [5, 5.41) is 6.61. The predicted molar refractivity (Wildman–Crippen MR) is 73.7 cm³/mol. The Hall–Kier alpha value is -2.09. The van der Waals surface area contributed by atoms with E-state index in [9.17, 15) is 0 Å². The summed E-state index contributed by atoms with van der Waals surface area (Å²) in [6.07, 6.45) is 5.22. The highest BCUT2D eigenvalue weighted by molar-refractivity contribution is 7.71. The number of hydrogen-bond acceptors (Lipinski definition) is 7. The van der Waals surface area contributed by atoms with Crippen molar-refractivity contribution in [3.05, 3.63) is 29.4 Å². The molecule has 19 heavy (non-hydrogen) atoms. The molecule has 0 aromatic carbocycles. The standard InChI is InChI=1S/C11H13N7S/c19-11-15-9(8-14-16-11)17-4-6-18(7-5-17)10-12-2-1-3-13-10/h1-3,8H,4-7H2,(H,15,16,19). The molecule has 1 aliphatic rings. The number of aromatic amines is 1. The van der Waals surface area contributed by atoms with Gasteiger partial charge >= 0.3 is 0 Å². The van der Waals surface area contributed by atoms with Gasteiger partial charge in [0.05, 0.1) is 6.20 Å². The average Bonchev–Trinajstić information content (AvgIpc) is 2.48. The van der Waals surface area contributed by atoms with Crippen molar-refractivity contribution in [3.63, 3.8) is 0 Å². The zero-order chi connectivity index (χ0) is 13.1. The molecule has 0 saturated carbocycles. The van der Waals surface area contributed by atoms with Crippen LogP contribution in [-0.2, 0) is 0 Å². The Labute approximate surface area is 115 Å². The third-order valence-electron chi connectivity index (χ3n) is 2.99. The van der Waals surface area contributed by atoms with E-state index in [-0.39, 0.29) is 0 Å². The molecule has 1 saturated heterocycles. The molecule has 0 radical (unpaired) electrons. The van der Waals surface area contributed by atoms with Gasteiger partial charge in [-0.2, -0.15) is 10.1 Å². The van der Waals surface area contributed by atoms with Gasteiger partial charge in [-0.1, -0.05) is 0 Å². The molecule has 0 amide bonds. The normalized spacial score (nSPS) is 15.6. The number of H-pyrrole nitrogens is 1. The van der Waals surface area contributed by atoms with E-state index < -0.39 is 0 Å². The quantitative estimate of drug-likeness (QED) is 0.807. The van der Waals surface area contributed by atoms with E-state index in [0.717, 1.165) is 37.9 Å². The minimum Gasteiger partial charge on any atom is -0.352 e. The van der Waals surface area contributed by atoms with Gasteiger partial charge in [-0.25, -0.2) is 9.97 Å². The first-order chi connectivity index (χ1) is 9.33. The summed E-state index contributed by atoms with van der Waals surface area (Å²) in [6.45, 7) is 3.42. The van der Waals surface area contributed by atoms with Crippen LogP contribution in [-0.4, -0.2) is 51.3 Å². The van der Waals surface area contributed by atoms with Crippen LogP contribution in [0.25, 0.3) is 0 Å². The van der Waals surface area contributed by atoms with Gasteiger partial charge in [0.15, 0.2) is 5.82 Å². The van der Waals surface area contributed by atoms with Crippen molar-refractivity contribution in [1.82, 2.24) is 25.1 Å². The molecule has 0 unspecified atom stereocenters.